The van der Waals surface area contributed by atoms with Gasteiger partial charge in [0.05, 0.1) is 0 Å². The lowest BCUT2D eigenvalue weighted by Crippen LogP contribution is -2.03. The topological polar surface area (TPSA) is 30.0 Å². The Labute approximate surface area is 89.1 Å². The average molecular weight is 209 g/mol. The van der Waals surface area contributed by atoms with Crippen LogP contribution in [-0.2, 0) is 6.42 Å². The van der Waals surface area contributed by atoms with Crippen LogP contribution in [0.15, 0.2) is 18.5 Å². The van der Waals surface area contributed by atoms with Crippen molar-refractivity contribution >= 4 is 16.9 Å². The van der Waals surface area contributed by atoms with Crippen molar-refractivity contribution in [3.63, 3.8) is 0 Å². The summed E-state index contributed by atoms with van der Waals surface area (Å²) in [5.74, 6) is 0.549. The zero-order valence-corrected chi connectivity index (χ0v) is 9.60. The SMILES string of the molecule is CSC(=O)c1ccncc1CC(C)C. The van der Waals surface area contributed by atoms with Crippen molar-refractivity contribution in [1.82, 2.24) is 4.98 Å². The van der Waals surface area contributed by atoms with E-state index in [1.54, 1.807) is 18.5 Å². The molecule has 0 aliphatic rings. The molecule has 14 heavy (non-hydrogen) atoms. The molecule has 0 radical (unpaired) electrons. The molecule has 0 N–H and O–H groups in total. The number of aromatic nitrogens is 1. The molecule has 0 aliphatic heterocycles. The summed E-state index contributed by atoms with van der Waals surface area (Å²) in [5.41, 5.74) is 1.86. The van der Waals surface area contributed by atoms with Crippen LogP contribution < -0.4 is 0 Å². The molecule has 0 atom stereocenters. The molecule has 0 fully saturated rings. The largest absolute Gasteiger partial charge is 0.282 e. The third kappa shape index (κ3) is 2.84. The van der Waals surface area contributed by atoms with Crippen molar-refractivity contribution < 1.29 is 4.79 Å². The predicted octanol–water partition coefficient (Wildman–Crippen LogP) is 2.78. The molecular formula is C11H15NOS. The zero-order valence-electron chi connectivity index (χ0n) is 8.78. The van der Waals surface area contributed by atoms with E-state index in [1.165, 1.54) is 11.8 Å². The molecule has 0 amide bonds. The van der Waals surface area contributed by atoms with E-state index in [0.717, 1.165) is 17.5 Å². The Kier molecular flexibility index (Phi) is 4.14. The zero-order chi connectivity index (χ0) is 10.6. The molecule has 0 aromatic carbocycles. The van der Waals surface area contributed by atoms with Crippen molar-refractivity contribution in [3.8, 4) is 0 Å². The molecule has 76 valence electrons. The summed E-state index contributed by atoms with van der Waals surface area (Å²) in [5, 5.41) is 0.128. The van der Waals surface area contributed by atoms with E-state index >= 15 is 0 Å². The molecule has 0 saturated heterocycles. The molecule has 2 nitrogen and oxygen atoms in total. The monoisotopic (exact) mass is 209 g/mol. The Bertz CT molecular complexity index is 323. The van der Waals surface area contributed by atoms with Crippen molar-refractivity contribution in [1.29, 1.82) is 0 Å². The second kappa shape index (κ2) is 5.15. The number of hydrogen-bond acceptors (Lipinski definition) is 3. The first-order chi connectivity index (χ1) is 6.65. The summed E-state index contributed by atoms with van der Waals surface area (Å²) in [6.07, 6.45) is 6.19. The highest BCUT2D eigenvalue weighted by atomic mass is 32.2. The summed E-state index contributed by atoms with van der Waals surface area (Å²) in [6, 6.07) is 1.80. The van der Waals surface area contributed by atoms with Gasteiger partial charge in [-0.15, -0.1) is 0 Å². The lowest BCUT2D eigenvalue weighted by Gasteiger charge is -2.08. The van der Waals surface area contributed by atoms with E-state index < -0.39 is 0 Å². The number of carbonyl (C=O) groups excluding carboxylic acids is 1. The maximum atomic E-state index is 11.6. The van der Waals surface area contributed by atoms with Gasteiger partial charge in [0, 0.05) is 18.0 Å². The van der Waals surface area contributed by atoms with Crippen molar-refractivity contribution in [2.24, 2.45) is 5.92 Å². The molecule has 3 heteroatoms. The fourth-order valence-corrected chi connectivity index (χ4v) is 1.76. The molecule has 0 unspecified atom stereocenters. The Morgan fingerprint density at radius 3 is 2.86 bits per heavy atom. The van der Waals surface area contributed by atoms with Crippen molar-refractivity contribution in [2.45, 2.75) is 20.3 Å². The second-order valence-corrected chi connectivity index (χ2v) is 4.40. The van der Waals surface area contributed by atoms with Crippen LogP contribution in [0.25, 0.3) is 0 Å². The second-order valence-electron chi connectivity index (χ2n) is 3.62. The van der Waals surface area contributed by atoms with E-state index in [9.17, 15) is 4.79 Å². The van der Waals surface area contributed by atoms with E-state index in [-0.39, 0.29) is 5.12 Å². The standard InChI is InChI=1S/C11H15NOS/c1-8(2)6-9-7-12-5-4-10(9)11(13)14-3/h4-5,7-8H,6H2,1-3H3. The lowest BCUT2D eigenvalue weighted by atomic mass is 10.0. The van der Waals surface area contributed by atoms with Gasteiger partial charge in [-0.1, -0.05) is 25.6 Å². The van der Waals surface area contributed by atoms with Gasteiger partial charge in [0.1, 0.15) is 0 Å². The van der Waals surface area contributed by atoms with E-state index in [1.807, 2.05) is 6.26 Å². The number of hydrogen-bond donors (Lipinski definition) is 0. The predicted molar refractivity (Wildman–Crippen MR) is 60.6 cm³/mol. The number of nitrogens with zero attached hydrogens (tertiary/aromatic N) is 1. The molecule has 0 saturated carbocycles. The van der Waals surface area contributed by atoms with Crippen LogP contribution in [-0.4, -0.2) is 16.4 Å². The summed E-state index contributed by atoms with van der Waals surface area (Å²) in [7, 11) is 0. The first-order valence-corrected chi connectivity index (χ1v) is 5.88. The Hall–Kier alpha value is -0.830. The van der Waals surface area contributed by atoms with Gasteiger partial charge >= 0.3 is 0 Å². The van der Waals surface area contributed by atoms with E-state index in [4.69, 9.17) is 0 Å². The Balaban J connectivity index is 2.97. The highest BCUT2D eigenvalue weighted by Gasteiger charge is 2.10. The normalized spacial score (nSPS) is 10.6. The smallest absolute Gasteiger partial charge is 0.219 e. The van der Waals surface area contributed by atoms with Gasteiger partial charge in [0.25, 0.3) is 0 Å². The molecule has 0 aliphatic carbocycles. The van der Waals surface area contributed by atoms with Crippen LogP contribution in [0.4, 0.5) is 0 Å². The molecule has 1 aromatic rings. The number of rotatable bonds is 3. The van der Waals surface area contributed by atoms with Crippen LogP contribution >= 0.6 is 11.8 Å². The van der Waals surface area contributed by atoms with Gasteiger partial charge in [-0.3, -0.25) is 9.78 Å². The highest BCUT2D eigenvalue weighted by Crippen LogP contribution is 2.16. The Morgan fingerprint density at radius 2 is 2.29 bits per heavy atom. The van der Waals surface area contributed by atoms with Gasteiger partial charge in [0.2, 0.25) is 5.12 Å². The summed E-state index contributed by atoms with van der Waals surface area (Å²) in [6.45, 7) is 4.28. The summed E-state index contributed by atoms with van der Waals surface area (Å²) in [4.78, 5) is 15.6. The minimum atomic E-state index is 0.128. The summed E-state index contributed by atoms with van der Waals surface area (Å²) < 4.78 is 0. The minimum Gasteiger partial charge on any atom is -0.282 e. The third-order valence-electron chi connectivity index (χ3n) is 1.94. The Morgan fingerprint density at radius 1 is 1.57 bits per heavy atom. The van der Waals surface area contributed by atoms with Gasteiger partial charge in [-0.05, 0) is 30.2 Å². The van der Waals surface area contributed by atoms with Crippen molar-refractivity contribution in [2.75, 3.05) is 6.26 Å². The summed E-state index contributed by atoms with van der Waals surface area (Å²) >= 11 is 1.25. The van der Waals surface area contributed by atoms with Crippen LogP contribution in [0, 0.1) is 5.92 Å². The maximum Gasteiger partial charge on any atom is 0.219 e. The van der Waals surface area contributed by atoms with E-state index in [0.29, 0.717) is 5.92 Å². The molecule has 0 spiro atoms. The van der Waals surface area contributed by atoms with Gasteiger partial charge in [0.15, 0.2) is 0 Å². The third-order valence-corrected chi connectivity index (χ3v) is 2.53. The first kappa shape index (κ1) is 11.2. The first-order valence-electron chi connectivity index (χ1n) is 4.66. The molecule has 0 bridgehead atoms. The number of thioether (sulfide) groups is 1. The fraction of sp³-hybridized carbons (Fsp3) is 0.455. The fourth-order valence-electron chi connectivity index (χ4n) is 1.34. The molecule has 1 heterocycles. The van der Waals surface area contributed by atoms with Crippen LogP contribution in [0.3, 0.4) is 0 Å². The number of pyridine rings is 1. The molecular weight excluding hydrogens is 194 g/mol. The molecule has 1 rings (SSSR count). The van der Waals surface area contributed by atoms with Crippen LogP contribution in [0.1, 0.15) is 29.8 Å². The number of carbonyl (C=O) groups is 1. The van der Waals surface area contributed by atoms with Gasteiger partial charge < -0.3 is 0 Å². The minimum absolute atomic E-state index is 0.128. The van der Waals surface area contributed by atoms with Gasteiger partial charge in [-0.25, -0.2) is 0 Å². The van der Waals surface area contributed by atoms with Crippen LogP contribution in [0.5, 0.6) is 0 Å². The van der Waals surface area contributed by atoms with Gasteiger partial charge in [-0.2, -0.15) is 0 Å². The maximum absolute atomic E-state index is 11.6. The van der Waals surface area contributed by atoms with E-state index in [2.05, 4.69) is 18.8 Å². The van der Waals surface area contributed by atoms with Crippen LogP contribution in [0.2, 0.25) is 0 Å². The quantitative estimate of drug-likeness (QED) is 0.766. The average Bonchev–Trinajstić information content (AvgIpc) is 2.16. The molecule has 1 aromatic heterocycles. The lowest BCUT2D eigenvalue weighted by molar-refractivity contribution is 0.108. The highest BCUT2D eigenvalue weighted by molar-refractivity contribution is 8.13. The van der Waals surface area contributed by atoms with Crippen molar-refractivity contribution in [3.05, 3.63) is 29.6 Å².